The molecule has 0 radical (unpaired) electrons. The Kier molecular flexibility index (Phi) is 9.30. The Bertz CT molecular complexity index is 1160. The topological polar surface area (TPSA) is 0 Å². The standard InChI is InChI=1S/C21H25.C11H17.2ClH.Zr/c1-20(2,3)16-7-9-18-14(12-16)11-15-13-17(21(4,5)6)8-10-19(15)18;1-5-9-6-7-10(8-9)11(2,3)4;;;/h7-10,12H,11H2,1-6H3;7H,5-6H2,1-4H3;2*1H;/q;;;;+2/p-2. The van der Waals surface area contributed by atoms with Gasteiger partial charge >= 0.3 is 215 Å². The van der Waals surface area contributed by atoms with Gasteiger partial charge in [0.2, 0.25) is 0 Å². The van der Waals surface area contributed by atoms with Gasteiger partial charge in [-0.15, -0.1) is 0 Å². The maximum Gasteiger partial charge on any atom is -1.00 e. The van der Waals surface area contributed by atoms with E-state index in [1.807, 2.05) is 0 Å². The van der Waals surface area contributed by atoms with Crippen LogP contribution in [0.1, 0.15) is 104 Å². The van der Waals surface area contributed by atoms with E-state index < -0.39 is 23.2 Å². The molecular formula is C32H42Cl2Zr. The molecule has 0 amide bonds. The molecule has 0 bridgehead atoms. The Hall–Kier alpha value is -0.617. The molecule has 0 saturated carbocycles. The minimum atomic E-state index is -0.964. The average Bonchev–Trinajstić information content (AvgIpc) is 3.27. The Morgan fingerprint density at radius 1 is 0.771 bits per heavy atom. The van der Waals surface area contributed by atoms with Gasteiger partial charge in [0, 0.05) is 0 Å². The van der Waals surface area contributed by atoms with Crippen LogP contribution in [0.5, 0.6) is 0 Å². The molecule has 0 saturated heterocycles. The molecule has 0 aliphatic heterocycles. The van der Waals surface area contributed by atoms with Crippen molar-refractivity contribution < 1.29 is 48.0 Å². The molecule has 35 heavy (non-hydrogen) atoms. The minimum absolute atomic E-state index is 0. The second kappa shape index (κ2) is 10.6. The van der Waals surface area contributed by atoms with Crippen molar-refractivity contribution in [1.29, 1.82) is 0 Å². The van der Waals surface area contributed by atoms with Crippen molar-refractivity contribution in [3.05, 3.63) is 73.1 Å². The Balaban J connectivity index is 0.00000216. The van der Waals surface area contributed by atoms with Gasteiger partial charge in [-0.1, -0.05) is 0 Å². The van der Waals surface area contributed by atoms with Crippen LogP contribution >= 0.6 is 0 Å². The van der Waals surface area contributed by atoms with Crippen molar-refractivity contribution in [2.24, 2.45) is 5.41 Å². The van der Waals surface area contributed by atoms with Crippen molar-refractivity contribution in [3.8, 4) is 11.1 Å². The Labute approximate surface area is 238 Å². The number of fused-ring (bicyclic) bond motifs is 3. The molecular weight excluding hydrogens is 546 g/mol. The van der Waals surface area contributed by atoms with Gasteiger partial charge in [-0.2, -0.15) is 0 Å². The van der Waals surface area contributed by atoms with Crippen LogP contribution in [-0.4, -0.2) is 0 Å². The fourth-order valence-electron chi connectivity index (χ4n) is 5.41. The third kappa shape index (κ3) is 5.94. The number of hydrogen-bond acceptors (Lipinski definition) is 0. The summed E-state index contributed by atoms with van der Waals surface area (Å²) in [6.45, 7) is 23.8. The van der Waals surface area contributed by atoms with Gasteiger partial charge < -0.3 is 24.8 Å². The minimum Gasteiger partial charge on any atom is -1.00 e. The van der Waals surface area contributed by atoms with Gasteiger partial charge in [-0.25, -0.2) is 0 Å². The molecule has 0 nitrogen and oxygen atoms in total. The summed E-state index contributed by atoms with van der Waals surface area (Å²) in [6.07, 6.45) is 6.03. The van der Waals surface area contributed by atoms with Crippen molar-refractivity contribution in [2.45, 2.75) is 99.3 Å². The van der Waals surface area contributed by atoms with Crippen LogP contribution in [-0.2, 0) is 40.5 Å². The SMILES string of the molecule is CCC1=[C]([Zr+2][c]2c(C(C)(C)C)ccc3c2Cc2cc(C(C)(C)C)ccc2-3)C(C(C)(C)C)=CC1.[Cl-].[Cl-]. The predicted molar refractivity (Wildman–Crippen MR) is 141 cm³/mol. The van der Waals surface area contributed by atoms with E-state index in [2.05, 4.69) is 106 Å². The zero-order chi connectivity index (χ0) is 24.3. The number of halogens is 2. The Morgan fingerprint density at radius 3 is 1.94 bits per heavy atom. The fraction of sp³-hybridized carbons (Fsp3) is 0.500. The monoisotopic (exact) mass is 586 g/mol. The zero-order valence-corrected chi connectivity index (χ0v) is 27.3. The summed E-state index contributed by atoms with van der Waals surface area (Å²) in [7, 11) is 0. The average molecular weight is 589 g/mol. The number of benzene rings is 2. The first-order chi connectivity index (χ1) is 15.2. The summed E-state index contributed by atoms with van der Waals surface area (Å²) in [5, 5.41) is 0. The van der Waals surface area contributed by atoms with E-state index in [1.165, 1.54) is 35.1 Å². The number of rotatable bonds is 3. The van der Waals surface area contributed by atoms with Gasteiger partial charge in [0.05, 0.1) is 0 Å². The molecule has 0 aromatic heterocycles. The molecule has 2 aromatic carbocycles. The molecule has 4 rings (SSSR count). The third-order valence-electron chi connectivity index (χ3n) is 7.41. The zero-order valence-electron chi connectivity index (χ0n) is 23.3. The predicted octanol–water partition coefficient (Wildman–Crippen LogP) is 2.61. The number of allylic oxidation sites excluding steroid dienone is 4. The Morgan fingerprint density at radius 2 is 1.40 bits per heavy atom. The molecule has 2 aliphatic carbocycles. The van der Waals surface area contributed by atoms with Crippen LogP contribution < -0.4 is 28.1 Å². The second-order valence-corrected chi connectivity index (χ2v) is 16.2. The van der Waals surface area contributed by atoms with Gasteiger partial charge in [0.15, 0.2) is 0 Å². The molecule has 2 aromatic rings. The van der Waals surface area contributed by atoms with Gasteiger partial charge in [-0.3, -0.25) is 0 Å². The van der Waals surface area contributed by atoms with E-state index in [9.17, 15) is 0 Å². The molecule has 0 heterocycles. The third-order valence-corrected chi connectivity index (χ3v) is 11.6. The summed E-state index contributed by atoms with van der Waals surface area (Å²) < 4.78 is 3.55. The summed E-state index contributed by atoms with van der Waals surface area (Å²) in [4.78, 5) is 0. The van der Waals surface area contributed by atoms with E-state index in [4.69, 9.17) is 0 Å². The first-order valence-corrected chi connectivity index (χ1v) is 15.2. The van der Waals surface area contributed by atoms with Gasteiger partial charge in [0.25, 0.3) is 0 Å². The second-order valence-electron chi connectivity index (χ2n) is 13.1. The fourth-order valence-corrected chi connectivity index (χ4v) is 11.0. The summed E-state index contributed by atoms with van der Waals surface area (Å²) in [5.74, 6) is 0. The van der Waals surface area contributed by atoms with E-state index >= 15 is 0 Å². The molecule has 0 spiro atoms. The van der Waals surface area contributed by atoms with Crippen LogP contribution in [0.2, 0.25) is 0 Å². The van der Waals surface area contributed by atoms with Crippen LogP contribution in [0.4, 0.5) is 0 Å². The molecule has 2 aliphatic rings. The normalized spacial score (nSPS) is 15.1. The molecule has 3 heteroatoms. The largest absolute Gasteiger partial charge is 1.00 e. The molecule has 0 unspecified atom stereocenters. The van der Waals surface area contributed by atoms with Crippen molar-refractivity contribution in [1.82, 2.24) is 0 Å². The molecule has 0 N–H and O–H groups in total. The maximum atomic E-state index is 2.55. The van der Waals surface area contributed by atoms with Gasteiger partial charge in [0.1, 0.15) is 0 Å². The maximum absolute atomic E-state index is 2.55. The quantitative estimate of drug-likeness (QED) is 0.442. The van der Waals surface area contributed by atoms with Crippen LogP contribution in [0.25, 0.3) is 11.1 Å². The first-order valence-electron chi connectivity index (χ1n) is 12.7. The van der Waals surface area contributed by atoms with E-state index in [1.54, 1.807) is 28.8 Å². The van der Waals surface area contributed by atoms with Crippen molar-refractivity contribution in [2.75, 3.05) is 0 Å². The summed E-state index contributed by atoms with van der Waals surface area (Å²) in [5.41, 5.74) is 13.2. The molecule has 0 atom stereocenters. The molecule has 188 valence electrons. The van der Waals surface area contributed by atoms with Crippen molar-refractivity contribution >= 4 is 3.27 Å². The van der Waals surface area contributed by atoms with E-state index in [0.717, 1.165) is 6.42 Å². The van der Waals surface area contributed by atoms with Crippen LogP contribution in [0.15, 0.2) is 50.8 Å². The number of hydrogen-bond donors (Lipinski definition) is 0. The molecule has 0 fully saturated rings. The van der Waals surface area contributed by atoms with Crippen LogP contribution in [0, 0.1) is 5.41 Å². The summed E-state index contributed by atoms with van der Waals surface area (Å²) in [6, 6.07) is 12.2. The van der Waals surface area contributed by atoms with E-state index in [0.29, 0.717) is 0 Å². The van der Waals surface area contributed by atoms with Crippen LogP contribution in [0.3, 0.4) is 0 Å². The van der Waals surface area contributed by atoms with E-state index in [-0.39, 0.29) is 41.1 Å². The smallest absolute Gasteiger partial charge is 1.00 e. The first kappa shape index (κ1) is 30.6. The van der Waals surface area contributed by atoms with Gasteiger partial charge in [-0.05, 0) is 0 Å². The van der Waals surface area contributed by atoms with Crippen molar-refractivity contribution in [3.63, 3.8) is 0 Å². The summed E-state index contributed by atoms with van der Waals surface area (Å²) >= 11 is -0.964.